The minimum atomic E-state index is -1.42. The Labute approximate surface area is 132 Å². The molecule has 0 bridgehead atoms. The Bertz CT molecular complexity index is 646. The number of hydrogen-bond donors (Lipinski definition) is 0. The molecule has 0 amide bonds. The molecule has 2 aliphatic rings. The maximum Gasteiger partial charge on any atom is 0.335 e. The summed E-state index contributed by atoms with van der Waals surface area (Å²) in [5, 5.41) is 0. The highest BCUT2D eigenvalue weighted by atomic mass is 35.5. The van der Waals surface area contributed by atoms with Crippen molar-refractivity contribution in [3.63, 3.8) is 0 Å². The molecule has 0 spiro atoms. The van der Waals surface area contributed by atoms with Gasteiger partial charge in [-0.15, -0.1) is 23.2 Å². The van der Waals surface area contributed by atoms with E-state index in [4.69, 9.17) is 37.4 Å². The molecule has 1 heterocycles. The first kappa shape index (κ1) is 14.7. The van der Waals surface area contributed by atoms with Crippen molar-refractivity contribution in [1.29, 1.82) is 0 Å². The molecule has 6 heteroatoms. The Morgan fingerprint density at radius 1 is 1.33 bits per heavy atom. The third kappa shape index (κ3) is 1.43. The van der Waals surface area contributed by atoms with Crippen LogP contribution in [0, 0.1) is 0 Å². The monoisotopic (exact) mass is 328 g/mol. The van der Waals surface area contributed by atoms with Gasteiger partial charge in [0.25, 0.3) is 0 Å². The van der Waals surface area contributed by atoms with Gasteiger partial charge in [0.2, 0.25) is 0 Å². The van der Waals surface area contributed by atoms with E-state index in [1.165, 1.54) is 14.2 Å². The van der Waals surface area contributed by atoms with E-state index in [0.29, 0.717) is 17.1 Å². The number of methoxy groups -OCH3 is 2. The van der Waals surface area contributed by atoms with E-state index >= 15 is 0 Å². The largest absolute Gasteiger partial charge is 0.499 e. The van der Waals surface area contributed by atoms with Crippen LogP contribution in [-0.4, -0.2) is 30.7 Å². The summed E-state index contributed by atoms with van der Waals surface area (Å²) in [7, 11) is 2.97. The summed E-state index contributed by atoms with van der Waals surface area (Å²) in [4.78, 5) is 9.54. The number of benzene rings is 1. The number of alkyl halides is 2. The zero-order valence-corrected chi connectivity index (χ0v) is 13.1. The van der Waals surface area contributed by atoms with Crippen molar-refractivity contribution in [3.05, 3.63) is 42.2 Å². The molecule has 0 aromatic heterocycles. The van der Waals surface area contributed by atoms with Gasteiger partial charge in [-0.2, -0.15) is 0 Å². The van der Waals surface area contributed by atoms with Gasteiger partial charge in [-0.25, -0.2) is 4.79 Å². The van der Waals surface area contributed by atoms with Gasteiger partial charge in [-0.3, -0.25) is 0 Å². The summed E-state index contributed by atoms with van der Waals surface area (Å²) < 4.78 is 16.2. The topological polar surface area (TPSA) is 44.8 Å². The molecule has 3 rings (SSSR count). The average Bonchev–Trinajstić information content (AvgIpc) is 2.49. The lowest BCUT2D eigenvalue weighted by atomic mass is 9.55. The van der Waals surface area contributed by atoms with E-state index < -0.39 is 21.3 Å². The molecule has 3 atom stereocenters. The molecule has 1 aliphatic heterocycles. The third-order valence-electron chi connectivity index (χ3n) is 4.42. The van der Waals surface area contributed by atoms with Crippen molar-refractivity contribution in [3.8, 4) is 5.75 Å². The molecule has 0 radical (unpaired) electrons. The SMILES string of the molecule is C=C(OC)C1(OC)C[C@@]2(Cl)C(=O)Oc3ccccc3[C@@]12Cl. The van der Waals surface area contributed by atoms with E-state index in [2.05, 4.69) is 6.58 Å². The summed E-state index contributed by atoms with van der Waals surface area (Å²) >= 11 is 13.4. The zero-order chi connectivity index (χ0) is 15.5. The number of esters is 1. The lowest BCUT2D eigenvalue weighted by Crippen LogP contribution is -2.78. The van der Waals surface area contributed by atoms with Gasteiger partial charge in [0, 0.05) is 19.1 Å². The highest BCUT2D eigenvalue weighted by molar-refractivity contribution is 6.45. The normalized spacial score (nSPS) is 36.9. The van der Waals surface area contributed by atoms with Crippen LogP contribution in [0.3, 0.4) is 0 Å². The van der Waals surface area contributed by atoms with Crippen molar-refractivity contribution in [2.24, 2.45) is 0 Å². The van der Waals surface area contributed by atoms with Gasteiger partial charge in [-0.1, -0.05) is 24.8 Å². The van der Waals surface area contributed by atoms with E-state index in [0.717, 1.165) is 0 Å². The Morgan fingerprint density at radius 3 is 2.62 bits per heavy atom. The summed E-state index contributed by atoms with van der Waals surface area (Å²) in [6, 6.07) is 6.99. The summed E-state index contributed by atoms with van der Waals surface area (Å²) in [6.45, 7) is 3.86. The maximum atomic E-state index is 12.3. The molecule has 1 unspecified atom stereocenters. The van der Waals surface area contributed by atoms with Crippen molar-refractivity contribution in [2.45, 2.75) is 21.8 Å². The van der Waals surface area contributed by atoms with Crippen LogP contribution in [0.4, 0.5) is 0 Å². The lowest BCUT2D eigenvalue weighted by molar-refractivity contribution is -0.173. The second-order valence-electron chi connectivity index (χ2n) is 5.18. The molecule has 1 fully saturated rings. The van der Waals surface area contributed by atoms with Crippen LogP contribution < -0.4 is 4.74 Å². The fourth-order valence-electron chi connectivity index (χ4n) is 3.25. The lowest BCUT2D eigenvalue weighted by Gasteiger charge is -2.64. The first-order valence-corrected chi connectivity index (χ1v) is 7.11. The van der Waals surface area contributed by atoms with Crippen LogP contribution in [0.2, 0.25) is 0 Å². The maximum absolute atomic E-state index is 12.3. The van der Waals surface area contributed by atoms with Crippen LogP contribution in [0.1, 0.15) is 12.0 Å². The van der Waals surface area contributed by atoms with Crippen LogP contribution in [0.15, 0.2) is 36.6 Å². The van der Waals surface area contributed by atoms with Gasteiger partial charge in [-0.05, 0) is 6.07 Å². The first-order valence-electron chi connectivity index (χ1n) is 6.35. The summed E-state index contributed by atoms with van der Waals surface area (Å²) in [5.41, 5.74) is -0.506. The highest BCUT2D eigenvalue weighted by Gasteiger charge is 2.82. The molecule has 0 saturated heterocycles. The van der Waals surface area contributed by atoms with E-state index in [9.17, 15) is 4.79 Å². The first-order chi connectivity index (χ1) is 9.87. The van der Waals surface area contributed by atoms with Gasteiger partial charge in [0.1, 0.15) is 16.4 Å². The van der Waals surface area contributed by atoms with Crippen LogP contribution in [-0.2, 0) is 19.1 Å². The Hall–Kier alpha value is -1.23. The van der Waals surface area contributed by atoms with E-state index in [-0.39, 0.29) is 6.42 Å². The number of carbonyl (C=O) groups excluding carboxylic acids is 1. The fourth-order valence-corrected chi connectivity index (χ4v) is 4.28. The van der Waals surface area contributed by atoms with Crippen LogP contribution in [0.5, 0.6) is 5.75 Å². The van der Waals surface area contributed by atoms with Gasteiger partial charge >= 0.3 is 5.97 Å². The second-order valence-corrected chi connectivity index (χ2v) is 6.39. The predicted octanol–water partition coefficient (Wildman–Crippen LogP) is 2.97. The number of hydrogen-bond acceptors (Lipinski definition) is 4. The van der Waals surface area contributed by atoms with Crippen molar-refractivity contribution >= 4 is 29.2 Å². The number of fused-ring (bicyclic) bond motifs is 3. The minimum Gasteiger partial charge on any atom is -0.499 e. The van der Waals surface area contributed by atoms with Gasteiger partial charge < -0.3 is 14.2 Å². The Balaban J connectivity index is 2.27. The molecule has 1 saturated carbocycles. The molecule has 112 valence electrons. The standard InChI is InChI=1S/C15H14Cl2O4/c1-9(19-2)14(20-3)8-13(16)12(18)21-11-7-5-4-6-10(11)15(13,14)17/h4-7H,1,8H2,2-3H3/t13-,14?,15+/m1/s1. The summed E-state index contributed by atoms with van der Waals surface area (Å²) in [5.74, 6) is 0.106. The van der Waals surface area contributed by atoms with Crippen LogP contribution >= 0.6 is 23.2 Å². The summed E-state index contributed by atoms with van der Waals surface area (Å²) in [6.07, 6.45) is 0.126. The highest BCUT2D eigenvalue weighted by Crippen LogP contribution is 2.71. The molecule has 1 aromatic carbocycles. The van der Waals surface area contributed by atoms with E-state index in [1.807, 2.05) is 0 Å². The molecular formula is C15H14Cl2O4. The number of carbonyl (C=O) groups is 1. The molecule has 1 aromatic rings. The van der Waals surface area contributed by atoms with Crippen LogP contribution in [0.25, 0.3) is 0 Å². The molecule has 0 N–H and O–H groups in total. The van der Waals surface area contributed by atoms with Crippen molar-refractivity contribution in [2.75, 3.05) is 14.2 Å². The molecule has 21 heavy (non-hydrogen) atoms. The van der Waals surface area contributed by atoms with E-state index in [1.54, 1.807) is 24.3 Å². The molecule has 1 aliphatic carbocycles. The smallest absolute Gasteiger partial charge is 0.335 e. The number of ether oxygens (including phenoxy) is 3. The van der Waals surface area contributed by atoms with Gasteiger partial charge in [0.05, 0.1) is 7.11 Å². The Morgan fingerprint density at radius 2 is 2.00 bits per heavy atom. The molecular weight excluding hydrogens is 315 g/mol. The Kier molecular flexibility index (Phi) is 3.07. The minimum absolute atomic E-state index is 0.126. The number of halogens is 2. The average molecular weight is 329 g/mol. The quantitative estimate of drug-likeness (QED) is 0.370. The third-order valence-corrected chi connectivity index (χ3v) is 5.92. The molecule has 4 nitrogen and oxygen atoms in total. The number of rotatable bonds is 3. The predicted molar refractivity (Wildman–Crippen MR) is 78.7 cm³/mol. The zero-order valence-electron chi connectivity index (χ0n) is 11.6. The second kappa shape index (κ2) is 4.38. The fraction of sp³-hybridized carbons (Fsp3) is 0.400. The van der Waals surface area contributed by atoms with Crippen molar-refractivity contribution < 1.29 is 19.0 Å². The van der Waals surface area contributed by atoms with Gasteiger partial charge in [0.15, 0.2) is 10.5 Å². The van der Waals surface area contributed by atoms with Crippen molar-refractivity contribution in [1.82, 2.24) is 0 Å². The number of para-hydroxylation sites is 1.